The van der Waals surface area contributed by atoms with Crippen LogP contribution in [0.5, 0.6) is 5.75 Å². The Morgan fingerprint density at radius 1 is 1.07 bits per heavy atom. The summed E-state index contributed by atoms with van der Waals surface area (Å²) in [6.07, 6.45) is 0. The highest BCUT2D eigenvalue weighted by Crippen LogP contribution is 2.29. The van der Waals surface area contributed by atoms with Crippen molar-refractivity contribution in [2.45, 2.75) is 34.3 Å². The molecule has 0 fully saturated rings. The predicted octanol–water partition coefficient (Wildman–Crippen LogP) is 5.68. The van der Waals surface area contributed by atoms with E-state index in [-0.39, 0.29) is 5.91 Å². The second-order valence-electron chi connectivity index (χ2n) is 7.40. The number of thiazole rings is 1. The van der Waals surface area contributed by atoms with Gasteiger partial charge in [-0.3, -0.25) is 4.79 Å². The lowest BCUT2D eigenvalue weighted by Gasteiger charge is -2.17. The molecule has 140 valence electrons. The van der Waals surface area contributed by atoms with Crippen LogP contribution in [-0.2, 0) is 11.4 Å². The number of nitrogens with one attached hydrogen (secondary N) is 1. The zero-order valence-corrected chi connectivity index (χ0v) is 16.9. The number of aryl methyl sites for hydroxylation is 1. The molecule has 1 amide bonds. The number of hydrogen-bond donors (Lipinski definition) is 1. The van der Waals surface area contributed by atoms with Crippen LogP contribution in [0.2, 0.25) is 0 Å². The number of aromatic nitrogens is 1. The maximum absolute atomic E-state index is 12.1. The number of anilines is 1. The van der Waals surface area contributed by atoms with Gasteiger partial charge in [0.15, 0.2) is 0 Å². The number of amides is 1. The molecule has 0 saturated heterocycles. The van der Waals surface area contributed by atoms with Crippen molar-refractivity contribution in [3.05, 3.63) is 64.5 Å². The van der Waals surface area contributed by atoms with E-state index in [0.717, 1.165) is 32.6 Å². The van der Waals surface area contributed by atoms with Gasteiger partial charge in [-0.1, -0.05) is 51.1 Å². The van der Waals surface area contributed by atoms with Crippen molar-refractivity contribution in [1.82, 2.24) is 4.98 Å². The van der Waals surface area contributed by atoms with Gasteiger partial charge in [0.1, 0.15) is 17.4 Å². The molecule has 0 aliphatic heterocycles. The second-order valence-corrected chi connectivity index (χ2v) is 8.68. The number of hydrogen-bond acceptors (Lipinski definition) is 4. The van der Waals surface area contributed by atoms with Crippen LogP contribution < -0.4 is 10.1 Å². The maximum atomic E-state index is 12.1. The van der Waals surface area contributed by atoms with Crippen molar-refractivity contribution in [2.24, 2.45) is 5.41 Å². The molecule has 1 heterocycles. The minimum Gasteiger partial charge on any atom is -0.486 e. The highest BCUT2D eigenvalue weighted by atomic mass is 32.1. The average molecular weight is 381 g/mol. The zero-order chi connectivity index (χ0) is 19.4. The summed E-state index contributed by atoms with van der Waals surface area (Å²) in [5.41, 5.74) is 2.36. The Labute approximate surface area is 164 Å². The van der Waals surface area contributed by atoms with Crippen LogP contribution in [0.1, 0.15) is 30.7 Å². The summed E-state index contributed by atoms with van der Waals surface area (Å²) >= 11 is 1.64. The lowest BCUT2D eigenvalue weighted by molar-refractivity contribution is -0.123. The Hall–Kier alpha value is -2.66. The molecule has 27 heavy (non-hydrogen) atoms. The monoisotopic (exact) mass is 380 g/mol. The molecule has 0 atom stereocenters. The molecular formula is C22H24N2O2S. The molecule has 0 aliphatic carbocycles. The number of ether oxygens (including phenoxy) is 1. The van der Waals surface area contributed by atoms with Crippen LogP contribution in [0.4, 0.5) is 5.69 Å². The highest BCUT2D eigenvalue weighted by molar-refractivity contribution is 7.12. The predicted molar refractivity (Wildman–Crippen MR) is 111 cm³/mol. The lowest BCUT2D eigenvalue weighted by Crippen LogP contribution is -2.27. The minimum absolute atomic E-state index is 0.000404. The fourth-order valence-electron chi connectivity index (χ4n) is 2.47. The molecule has 3 rings (SSSR count). The Bertz CT molecular complexity index is 910. The Morgan fingerprint density at radius 3 is 2.37 bits per heavy atom. The van der Waals surface area contributed by atoms with E-state index in [1.165, 1.54) is 0 Å². The molecular weight excluding hydrogens is 356 g/mol. The van der Waals surface area contributed by atoms with Crippen molar-refractivity contribution < 1.29 is 9.53 Å². The summed E-state index contributed by atoms with van der Waals surface area (Å²) in [7, 11) is 0. The van der Waals surface area contributed by atoms with Gasteiger partial charge in [-0.25, -0.2) is 4.98 Å². The van der Waals surface area contributed by atoms with E-state index in [1.54, 1.807) is 11.3 Å². The first-order valence-electron chi connectivity index (χ1n) is 8.89. The van der Waals surface area contributed by atoms with Gasteiger partial charge < -0.3 is 10.1 Å². The van der Waals surface area contributed by atoms with Crippen molar-refractivity contribution >= 4 is 22.9 Å². The molecule has 4 nitrogen and oxygen atoms in total. The van der Waals surface area contributed by atoms with Gasteiger partial charge in [0.05, 0.1) is 5.69 Å². The van der Waals surface area contributed by atoms with E-state index < -0.39 is 5.41 Å². The normalized spacial score (nSPS) is 11.3. The van der Waals surface area contributed by atoms with Gasteiger partial charge in [0.25, 0.3) is 0 Å². The number of benzene rings is 2. The summed E-state index contributed by atoms with van der Waals surface area (Å²) in [6, 6.07) is 17.5. The van der Waals surface area contributed by atoms with E-state index in [9.17, 15) is 4.79 Å². The first-order chi connectivity index (χ1) is 12.8. The highest BCUT2D eigenvalue weighted by Gasteiger charge is 2.21. The van der Waals surface area contributed by atoms with Crippen LogP contribution in [0.3, 0.4) is 0 Å². The van der Waals surface area contributed by atoms with Gasteiger partial charge in [-0.05, 0) is 31.2 Å². The van der Waals surface area contributed by atoms with E-state index in [4.69, 9.17) is 9.72 Å². The molecule has 0 saturated carbocycles. The largest absolute Gasteiger partial charge is 0.486 e. The molecule has 0 radical (unpaired) electrons. The SMILES string of the molecule is Cc1sc(COc2ccccc2)nc1-c1ccc(NC(=O)C(C)(C)C)cc1. The lowest BCUT2D eigenvalue weighted by atomic mass is 9.95. The molecule has 1 aromatic heterocycles. The van der Waals surface area contributed by atoms with Crippen molar-refractivity contribution in [3.63, 3.8) is 0 Å². The summed E-state index contributed by atoms with van der Waals surface area (Å²) < 4.78 is 5.79. The topological polar surface area (TPSA) is 51.2 Å². The Kier molecular flexibility index (Phi) is 5.61. The fourth-order valence-corrected chi connectivity index (χ4v) is 3.34. The quantitative estimate of drug-likeness (QED) is 0.619. The standard InChI is InChI=1S/C22H24N2O2S/c1-15-20(24-19(27-15)14-26-18-8-6-5-7-9-18)16-10-12-17(13-11-16)23-21(25)22(2,3)4/h5-13H,14H2,1-4H3,(H,23,25). The Morgan fingerprint density at radius 2 is 1.74 bits per heavy atom. The van der Waals surface area contributed by atoms with Gasteiger partial charge in [0, 0.05) is 21.5 Å². The van der Waals surface area contributed by atoms with Gasteiger partial charge in [-0.15, -0.1) is 11.3 Å². The molecule has 5 heteroatoms. The molecule has 0 unspecified atom stereocenters. The number of para-hydroxylation sites is 1. The van der Waals surface area contributed by atoms with Crippen molar-refractivity contribution in [1.29, 1.82) is 0 Å². The van der Waals surface area contributed by atoms with Crippen LogP contribution >= 0.6 is 11.3 Å². The summed E-state index contributed by atoms with van der Waals surface area (Å²) in [4.78, 5) is 18.0. The minimum atomic E-state index is -0.419. The summed E-state index contributed by atoms with van der Waals surface area (Å²) in [5.74, 6) is 0.839. The van der Waals surface area contributed by atoms with Crippen LogP contribution in [-0.4, -0.2) is 10.9 Å². The van der Waals surface area contributed by atoms with Gasteiger partial charge in [-0.2, -0.15) is 0 Å². The third kappa shape index (κ3) is 4.95. The van der Waals surface area contributed by atoms with E-state index in [1.807, 2.05) is 75.4 Å². The van der Waals surface area contributed by atoms with Gasteiger partial charge in [0.2, 0.25) is 5.91 Å². The van der Waals surface area contributed by atoms with Crippen LogP contribution in [0.25, 0.3) is 11.3 Å². The smallest absolute Gasteiger partial charge is 0.229 e. The molecule has 0 spiro atoms. The number of rotatable bonds is 5. The number of nitrogens with zero attached hydrogens (tertiary/aromatic N) is 1. The second kappa shape index (κ2) is 7.92. The third-order valence-electron chi connectivity index (χ3n) is 4.04. The molecule has 1 N–H and O–H groups in total. The van der Waals surface area contributed by atoms with Crippen molar-refractivity contribution in [2.75, 3.05) is 5.32 Å². The summed E-state index contributed by atoms with van der Waals surface area (Å²) in [5, 5.41) is 3.88. The first-order valence-corrected chi connectivity index (χ1v) is 9.70. The van der Waals surface area contributed by atoms with Crippen LogP contribution in [0, 0.1) is 12.3 Å². The number of carbonyl (C=O) groups excluding carboxylic acids is 1. The third-order valence-corrected chi connectivity index (χ3v) is 4.99. The van der Waals surface area contributed by atoms with Gasteiger partial charge >= 0.3 is 0 Å². The maximum Gasteiger partial charge on any atom is 0.229 e. The molecule has 2 aromatic carbocycles. The van der Waals surface area contributed by atoms with E-state index in [0.29, 0.717) is 6.61 Å². The van der Waals surface area contributed by atoms with Crippen molar-refractivity contribution in [3.8, 4) is 17.0 Å². The summed E-state index contributed by atoms with van der Waals surface area (Å²) in [6.45, 7) is 8.21. The van der Waals surface area contributed by atoms with E-state index >= 15 is 0 Å². The zero-order valence-electron chi connectivity index (χ0n) is 16.1. The number of carbonyl (C=O) groups is 1. The first kappa shape index (κ1) is 19.1. The average Bonchev–Trinajstić information content (AvgIpc) is 3.01. The Balaban J connectivity index is 1.69. The molecule has 0 bridgehead atoms. The molecule has 3 aromatic rings. The van der Waals surface area contributed by atoms with E-state index in [2.05, 4.69) is 12.2 Å². The van der Waals surface area contributed by atoms with Crippen LogP contribution in [0.15, 0.2) is 54.6 Å². The fraction of sp³-hybridized carbons (Fsp3) is 0.273. The molecule has 0 aliphatic rings.